The zero-order valence-electron chi connectivity index (χ0n) is 38.7. The summed E-state index contributed by atoms with van der Waals surface area (Å²) in [6.07, 6.45) is 1.86. The SMILES string of the molecule is [2H]C([2H])([2H])c1cc(-c2ccccc2)c(-n2c(-c3cc(C)cc(C)c3O[CH2-])nc3c(-c4[c-]c(-c5cc(-c6ccc(C)cc6)ccn5)cc(-c5ccccc5)c4)cccc32)cc1-c1ccccc1.[Pt+2]. The molecule has 10 aromatic rings. The van der Waals surface area contributed by atoms with Crippen molar-refractivity contribution in [1.29, 1.82) is 0 Å². The maximum absolute atomic E-state index is 8.80. The van der Waals surface area contributed by atoms with E-state index in [1.807, 2.05) is 110 Å². The van der Waals surface area contributed by atoms with Gasteiger partial charge in [0.1, 0.15) is 5.82 Å². The number of rotatable bonds is 9. The first-order valence-corrected chi connectivity index (χ1v) is 21.1. The molecule has 0 aliphatic rings. The van der Waals surface area contributed by atoms with Gasteiger partial charge in [-0.15, -0.1) is 23.8 Å². The Balaban J connectivity index is 0.00000562. The summed E-state index contributed by atoms with van der Waals surface area (Å²) in [4.78, 5) is 10.5. The third-order valence-electron chi connectivity index (χ3n) is 11.7. The fraction of sp³-hybridized carbons (Fsp3) is 0.0678. The number of nitrogens with zero attached hydrogens (tertiary/aromatic N) is 3. The van der Waals surface area contributed by atoms with Gasteiger partial charge in [0.2, 0.25) is 0 Å². The van der Waals surface area contributed by atoms with Gasteiger partial charge in [0.25, 0.3) is 0 Å². The van der Waals surface area contributed by atoms with Crippen molar-refractivity contribution in [2.45, 2.75) is 27.6 Å². The van der Waals surface area contributed by atoms with Gasteiger partial charge >= 0.3 is 21.1 Å². The van der Waals surface area contributed by atoms with Crippen molar-refractivity contribution in [3.05, 3.63) is 224 Å². The van der Waals surface area contributed by atoms with Crippen LogP contribution in [0.15, 0.2) is 188 Å². The number of para-hydroxylation sites is 1. The minimum Gasteiger partial charge on any atom is -0.665 e. The van der Waals surface area contributed by atoms with Crippen LogP contribution < -0.4 is 4.74 Å². The monoisotopic (exact) mass is 1010 g/mol. The van der Waals surface area contributed by atoms with Gasteiger partial charge in [-0.2, -0.15) is 7.11 Å². The molecule has 4 nitrogen and oxygen atoms in total. The number of imidazole rings is 1. The van der Waals surface area contributed by atoms with Crippen LogP contribution in [0.4, 0.5) is 0 Å². The largest absolute Gasteiger partial charge is 2.00 e. The van der Waals surface area contributed by atoms with Gasteiger partial charge in [-0.25, -0.2) is 4.98 Å². The molecule has 2 heterocycles. The van der Waals surface area contributed by atoms with Crippen molar-refractivity contribution in [3.8, 4) is 89.7 Å². The van der Waals surface area contributed by atoms with Gasteiger partial charge in [0.05, 0.1) is 28.0 Å². The average Bonchev–Trinajstić information content (AvgIpc) is 3.74. The van der Waals surface area contributed by atoms with Crippen LogP contribution in [-0.2, 0) is 21.1 Å². The van der Waals surface area contributed by atoms with Gasteiger partial charge < -0.3 is 4.74 Å². The van der Waals surface area contributed by atoms with E-state index in [1.165, 1.54) is 5.56 Å². The first-order chi connectivity index (χ1) is 32.0. The summed E-state index contributed by atoms with van der Waals surface area (Å²) in [5.74, 6) is 1.22. The van der Waals surface area contributed by atoms with Crippen molar-refractivity contribution in [2.24, 2.45) is 0 Å². The number of hydrogen-bond donors (Lipinski definition) is 0. The molecule has 8 aromatic carbocycles. The zero-order chi connectivity index (χ0) is 45.5. The standard InChI is InChI=1S/C59H45N3O.Pt/c1-38-24-26-43(27-25-38)46-28-29-60-54(36-46)49-34-47(42-16-9-6-10-17-42)33-48(35-49)50-22-15-23-55-57(50)61-59(53-31-39(2)30-41(4)58(53)63-5)62(55)56-37-51(44-18-11-7-12-19-44)40(3)32-52(56)45-20-13-8-14-21-45;/h6-34,36-37H,5H2,1-4H3;/q-2;+2/i3D3;. The van der Waals surface area contributed by atoms with Crippen LogP contribution in [0.5, 0.6) is 5.75 Å². The molecule has 0 fully saturated rings. The molecule has 0 aliphatic carbocycles. The van der Waals surface area contributed by atoms with Crippen LogP contribution in [0.25, 0.3) is 95.0 Å². The molecular weight excluding hydrogens is 962 g/mol. The minimum absolute atomic E-state index is 0. The predicted octanol–water partition coefficient (Wildman–Crippen LogP) is 15.3. The van der Waals surface area contributed by atoms with E-state index < -0.39 is 6.85 Å². The molecule has 64 heavy (non-hydrogen) atoms. The summed E-state index contributed by atoms with van der Waals surface area (Å²) in [7, 11) is 3.91. The smallest absolute Gasteiger partial charge is 0.665 e. The van der Waals surface area contributed by atoms with E-state index in [9.17, 15) is 0 Å². The summed E-state index contributed by atoms with van der Waals surface area (Å²) < 4.78 is 34.5. The molecule has 312 valence electrons. The van der Waals surface area contributed by atoms with E-state index in [2.05, 4.69) is 117 Å². The molecule has 5 heteroatoms. The van der Waals surface area contributed by atoms with Crippen LogP contribution >= 0.6 is 0 Å². The van der Waals surface area contributed by atoms with Crippen molar-refractivity contribution < 1.29 is 29.9 Å². The topological polar surface area (TPSA) is 39.9 Å². The Morgan fingerprint density at radius 3 is 1.88 bits per heavy atom. The Kier molecular flexibility index (Phi) is 10.8. The van der Waals surface area contributed by atoms with E-state index in [4.69, 9.17) is 18.8 Å². The number of fused-ring (bicyclic) bond motifs is 1. The Bertz CT molecular complexity index is 3400. The Hall–Kier alpha value is -7.13. The van der Waals surface area contributed by atoms with Crippen LogP contribution in [-0.4, -0.2) is 14.5 Å². The van der Waals surface area contributed by atoms with Gasteiger partial charge in [0, 0.05) is 21.6 Å². The number of benzene rings is 8. The predicted molar refractivity (Wildman–Crippen MR) is 261 cm³/mol. The van der Waals surface area contributed by atoms with Crippen LogP contribution in [0.2, 0.25) is 0 Å². The molecule has 0 saturated carbocycles. The Morgan fingerprint density at radius 1 is 0.531 bits per heavy atom. The maximum Gasteiger partial charge on any atom is 2.00 e. The number of pyridine rings is 1. The number of hydrogen-bond acceptors (Lipinski definition) is 3. The minimum atomic E-state index is -2.41. The summed E-state index contributed by atoms with van der Waals surface area (Å²) in [6.45, 7) is 3.75. The van der Waals surface area contributed by atoms with E-state index >= 15 is 0 Å². The third kappa shape index (κ3) is 8.02. The first kappa shape index (κ1) is 38.5. The molecule has 2 aromatic heterocycles. The molecule has 10 rings (SSSR count). The summed E-state index contributed by atoms with van der Waals surface area (Å²) >= 11 is 0. The van der Waals surface area contributed by atoms with Crippen LogP contribution in [0.1, 0.15) is 26.4 Å². The fourth-order valence-corrected chi connectivity index (χ4v) is 8.69. The Labute approximate surface area is 394 Å². The number of aryl methyl sites for hydroxylation is 4. The third-order valence-corrected chi connectivity index (χ3v) is 11.7. The molecule has 0 radical (unpaired) electrons. The van der Waals surface area contributed by atoms with Crippen LogP contribution in [0.3, 0.4) is 0 Å². The van der Waals surface area contributed by atoms with E-state index in [0.717, 1.165) is 94.7 Å². The summed E-state index contributed by atoms with van der Waals surface area (Å²) in [5.41, 5.74) is 17.1. The average molecular weight is 1010 g/mol. The van der Waals surface area contributed by atoms with E-state index in [1.54, 1.807) is 0 Å². The normalized spacial score (nSPS) is 12.0. The molecule has 0 spiro atoms. The second kappa shape index (κ2) is 17.9. The van der Waals surface area contributed by atoms with Gasteiger partial charge in [0.15, 0.2) is 0 Å². The van der Waals surface area contributed by atoms with Crippen molar-refractivity contribution in [2.75, 3.05) is 0 Å². The zero-order valence-corrected chi connectivity index (χ0v) is 37.9. The quantitative estimate of drug-likeness (QED) is 0.135. The molecular formula is C59H45N3OPt. The maximum atomic E-state index is 8.80. The number of ether oxygens (including phenoxy) is 1. The van der Waals surface area contributed by atoms with Gasteiger partial charge in [-0.1, -0.05) is 162 Å². The summed E-state index contributed by atoms with van der Waals surface area (Å²) in [6, 6.07) is 65.1. The van der Waals surface area contributed by atoms with Crippen molar-refractivity contribution in [1.82, 2.24) is 14.5 Å². The fourth-order valence-electron chi connectivity index (χ4n) is 8.69. The molecule has 0 N–H and O–H groups in total. The molecule has 0 amide bonds. The van der Waals surface area contributed by atoms with Crippen LogP contribution in [0, 0.1) is 40.8 Å². The van der Waals surface area contributed by atoms with Crippen molar-refractivity contribution in [3.63, 3.8) is 0 Å². The Morgan fingerprint density at radius 2 is 1.19 bits per heavy atom. The molecule has 0 bridgehead atoms. The second-order valence-electron chi connectivity index (χ2n) is 16.1. The summed E-state index contributed by atoms with van der Waals surface area (Å²) in [5, 5.41) is 0. The van der Waals surface area contributed by atoms with Gasteiger partial charge in [-0.3, -0.25) is 9.55 Å². The second-order valence-corrected chi connectivity index (χ2v) is 16.1. The molecule has 0 unspecified atom stereocenters. The molecule has 0 aliphatic heterocycles. The van der Waals surface area contributed by atoms with Crippen molar-refractivity contribution >= 4 is 11.0 Å². The van der Waals surface area contributed by atoms with Gasteiger partial charge in [-0.05, 0) is 108 Å². The van der Waals surface area contributed by atoms with E-state index in [0.29, 0.717) is 17.1 Å². The first-order valence-electron chi connectivity index (χ1n) is 22.6. The van der Waals surface area contributed by atoms with E-state index in [-0.39, 0.29) is 26.6 Å². The number of aromatic nitrogens is 3. The molecule has 0 saturated heterocycles. The molecule has 0 atom stereocenters.